The lowest BCUT2D eigenvalue weighted by atomic mass is 9.92. The fourth-order valence-electron chi connectivity index (χ4n) is 2.40. The molecule has 2 N–H and O–H groups in total. The first kappa shape index (κ1) is 12.5. The Morgan fingerprint density at radius 1 is 1.39 bits per heavy atom. The lowest BCUT2D eigenvalue weighted by molar-refractivity contribution is -0.145. The van der Waals surface area contributed by atoms with E-state index in [9.17, 15) is 9.59 Å². The van der Waals surface area contributed by atoms with Crippen molar-refractivity contribution in [3.05, 3.63) is 6.33 Å². The molecule has 1 aliphatic heterocycles. The molecule has 1 aromatic rings. The van der Waals surface area contributed by atoms with E-state index in [1.165, 1.54) is 6.33 Å². The summed E-state index contributed by atoms with van der Waals surface area (Å²) in [6.07, 6.45) is 2.36. The Labute approximate surface area is 105 Å². The van der Waals surface area contributed by atoms with Crippen molar-refractivity contribution in [1.29, 1.82) is 0 Å². The van der Waals surface area contributed by atoms with Crippen molar-refractivity contribution in [1.82, 2.24) is 20.1 Å². The van der Waals surface area contributed by atoms with Crippen LogP contribution in [0.5, 0.6) is 0 Å². The predicted molar refractivity (Wildman–Crippen MR) is 64.5 cm³/mol. The standard InChI is InChI=1S/C11H17N5O2/c1-7-3-8(2)5-16(4-7)10(18)9(17)14-11-12-6-13-15-11/h6-8H,3-5H2,1-2H3,(H2,12,13,14,15,17). The van der Waals surface area contributed by atoms with Gasteiger partial charge in [-0.2, -0.15) is 10.1 Å². The Bertz CT molecular complexity index is 421. The van der Waals surface area contributed by atoms with Gasteiger partial charge in [-0.1, -0.05) is 13.8 Å². The highest BCUT2D eigenvalue weighted by molar-refractivity contribution is 6.39. The van der Waals surface area contributed by atoms with Gasteiger partial charge in [-0.3, -0.25) is 14.9 Å². The Balaban J connectivity index is 1.96. The zero-order valence-electron chi connectivity index (χ0n) is 10.5. The van der Waals surface area contributed by atoms with Crippen LogP contribution < -0.4 is 5.32 Å². The maximum Gasteiger partial charge on any atom is 0.316 e. The Hall–Kier alpha value is -1.92. The number of carbonyl (C=O) groups excluding carboxylic acids is 2. The average Bonchev–Trinajstić information content (AvgIpc) is 2.79. The molecule has 0 radical (unpaired) electrons. The van der Waals surface area contributed by atoms with Crippen LogP contribution in [-0.4, -0.2) is 45.0 Å². The van der Waals surface area contributed by atoms with Gasteiger partial charge >= 0.3 is 11.8 Å². The molecular formula is C11H17N5O2. The van der Waals surface area contributed by atoms with E-state index < -0.39 is 11.8 Å². The highest BCUT2D eigenvalue weighted by Crippen LogP contribution is 2.20. The molecule has 2 unspecified atom stereocenters. The minimum Gasteiger partial charge on any atom is -0.334 e. The molecule has 1 fully saturated rings. The number of hydrogen-bond acceptors (Lipinski definition) is 4. The summed E-state index contributed by atoms with van der Waals surface area (Å²) in [5.41, 5.74) is 0. The Kier molecular flexibility index (Phi) is 3.59. The first-order chi connectivity index (χ1) is 8.56. The van der Waals surface area contributed by atoms with Gasteiger partial charge in [-0.15, -0.1) is 0 Å². The van der Waals surface area contributed by atoms with Gasteiger partial charge in [0.05, 0.1) is 0 Å². The number of amides is 2. The van der Waals surface area contributed by atoms with Crippen molar-refractivity contribution in [3.63, 3.8) is 0 Å². The summed E-state index contributed by atoms with van der Waals surface area (Å²) in [5, 5.41) is 8.46. The summed E-state index contributed by atoms with van der Waals surface area (Å²) in [5.74, 6) is -0.143. The van der Waals surface area contributed by atoms with Crippen molar-refractivity contribution in [2.45, 2.75) is 20.3 Å². The van der Waals surface area contributed by atoms with Crippen molar-refractivity contribution in [2.75, 3.05) is 18.4 Å². The van der Waals surface area contributed by atoms with E-state index in [-0.39, 0.29) is 5.95 Å². The molecular weight excluding hydrogens is 234 g/mol. The quantitative estimate of drug-likeness (QED) is 0.700. The van der Waals surface area contributed by atoms with E-state index in [4.69, 9.17) is 0 Å². The molecule has 0 spiro atoms. The summed E-state index contributed by atoms with van der Waals surface area (Å²) in [6, 6.07) is 0. The van der Waals surface area contributed by atoms with Crippen molar-refractivity contribution >= 4 is 17.8 Å². The second kappa shape index (κ2) is 5.16. The summed E-state index contributed by atoms with van der Waals surface area (Å²) in [4.78, 5) is 29.0. The predicted octanol–water partition coefficient (Wildman–Crippen LogP) is 0.248. The van der Waals surface area contributed by atoms with Crippen LogP contribution in [0.15, 0.2) is 6.33 Å². The van der Waals surface area contributed by atoms with Crippen LogP contribution in [0.1, 0.15) is 20.3 Å². The van der Waals surface area contributed by atoms with Crippen molar-refractivity contribution in [3.8, 4) is 0 Å². The number of rotatable bonds is 1. The number of H-pyrrole nitrogens is 1. The summed E-state index contributed by atoms with van der Waals surface area (Å²) < 4.78 is 0. The molecule has 0 aliphatic carbocycles. The molecule has 0 aromatic carbocycles. The Morgan fingerprint density at radius 2 is 2.06 bits per heavy atom. The lowest BCUT2D eigenvalue weighted by Gasteiger charge is -2.34. The van der Waals surface area contributed by atoms with Crippen LogP contribution in [0.25, 0.3) is 0 Å². The molecule has 1 aromatic heterocycles. The average molecular weight is 251 g/mol. The van der Waals surface area contributed by atoms with Crippen molar-refractivity contribution < 1.29 is 9.59 Å². The second-order valence-corrected chi connectivity index (χ2v) is 4.94. The first-order valence-corrected chi connectivity index (χ1v) is 6.02. The number of piperidine rings is 1. The molecule has 1 saturated heterocycles. The van der Waals surface area contributed by atoms with Gasteiger partial charge in [-0.25, -0.2) is 5.10 Å². The number of aromatic amines is 1. The number of carbonyl (C=O) groups is 2. The third kappa shape index (κ3) is 2.85. The van der Waals surface area contributed by atoms with E-state index >= 15 is 0 Å². The summed E-state index contributed by atoms with van der Waals surface area (Å²) in [7, 11) is 0. The van der Waals surface area contributed by atoms with Gasteiger partial charge in [0.25, 0.3) is 0 Å². The third-order valence-corrected chi connectivity index (χ3v) is 3.00. The summed E-state index contributed by atoms with van der Waals surface area (Å²) in [6.45, 7) is 5.44. The van der Waals surface area contributed by atoms with Crippen LogP contribution in [0, 0.1) is 11.8 Å². The molecule has 2 atom stereocenters. The monoisotopic (exact) mass is 251 g/mol. The van der Waals surface area contributed by atoms with Crippen LogP contribution in [0.2, 0.25) is 0 Å². The number of hydrogen-bond donors (Lipinski definition) is 2. The fraction of sp³-hybridized carbons (Fsp3) is 0.636. The largest absolute Gasteiger partial charge is 0.334 e. The van der Waals surface area contributed by atoms with E-state index in [0.29, 0.717) is 24.9 Å². The molecule has 2 heterocycles. The highest BCUT2D eigenvalue weighted by atomic mass is 16.2. The number of nitrogens with one attached hydrogen (secondary N) is 2. The fourth-order valence-corrected chi connectivity index (χ4v) is 2.40. The molecule has 18 heavy (non-hydrogen) atoms. The molecule has 2 rings (SSSR count). The number of anilines is 1. The van der Waals surface area contributed by atoms with Gasteiger partial charge in [0.1, 0.15) is 6.33 Å². The maximum atomic E-state index is 12.0. The zero-order valence-corrected chi connectivity index (χ0v) is 10.5. The Morgan fingerprint density at radius 3 is 2.61 bits per heavy atom. The van der Waals surface area contributed by atoms with Gasteiger partial charge in [0, 0.05) is 13.1 Å². The van der Waals surface area contributed by atoms with Gasteiger partial charge in [0.2, 0.25) is 5.95 Å². The normalized spacial score (nSPS) is 23.8. The SMILES string of the molecule is CC1CC(C)CN(C(=O)C(=O)Nc2ncn[nH]2)C1. The van der Waals surface area contributed by atoms with Crippen LogP contribution in [-0.2, 0) is 9.59 Å². The minimum atomic E-state index is -0.673. The first-order valence-electron chi connectivity index (χ1n) is 6.02. The van der Waals surface area contributed by atoms with Crippen LogP contribution in [0.3, 0.4) is 0 Å². The molecule has 2 amide bonds. The third-order valence-electron chi connectivity index (χ3n) is 3.00. The molecule has 7 heteroatoms. The zero-order chi connectivity index (χ0) is 13.1. The molecule has 98 valence electrons. The topological polar surface area (TPSA) is 91.0 Å². The maximum absolute atomic E-state index is 12.0. The lowest BCUT2D eigenvalue weighted by Crippen LogP contribution is -2.47. The second-order valence-electron chi connectivity index (χ2n) is 4.94. The molecule has 7 nitrogen and oxygen atoms in total. The van der Waals surface area contributed by atoms with E-state index in [1.807, 2.05) is 0 Å². The highest BCUT2D eigenvalue weighted by Gasteiger charge is 2.29. The van der Waals surface area contributed by atoms with E-state index in [1.54, 1.807) is 4.90 Å². The van der Waals surface area contributed by atoms with E-state index in [0.717, 1.165) is 6.42 Å². The van der Waals surface area contributed by atoms with Gasteiger partial charge in [0.15, 0.2) is 0 Å². The molecule has 0 bridgehead atoms. The van der Waals surface area contributed by atoms with Crippen LogP contribution in [0.4, 0.5) is 5.95 Å². The number of likely N-dealkylation sites (tertiary alicyclic amines) is 1. The van der Waals surface area contributed by atoms with E-state index in [2.05, 4.69) is 34.3 Å². The minimum absolute atomic E-state index is 0.187. The smallest absolute Gasteiger partial charge is 0.316 e. The molecule has 1 aliphatic rings. The number of aromatic nitrogens is 3. The molecule has 0 saturated carbocycles. The number of nitrogens with zero attached hydrogens (tertiary/aromatic N) is 3. The van der Waals surface area contributed by atoms with Crippen molar-refractivity contribution in [2.24, 2.45) is 11.8 Å². The summed E-state index contributed by atoms with van der Waals surface area (Å²) >= 11 is 0. The van der Waals surface area contributed by atoms with Crippen LogP contribution >= 0.6 is 0 Å². The van der Waals surface area contributed by atoms with Gasteiger partial charge < -0.3 is 4.90 Å². The van der Waals surface area contributed by atoms with Gasteiger partial charge in [-0.05, 0) is 18.3 Å².